The molecule has 10 heavy (non-hydrogen) atoms. The fraction of sp³-hybridized carbons (Fsp3) is 1.00. The van der Waals surface area contributed by atoms with Crippen LogP contribution in [0.3, 0.4) is 0 Å². The minimum atomic E-state index is -3.05. The Morgan fingerprint density at radius 1 is 1.50 bits per heavy atom. The van der Waals surface area contributed by atoms with Crippen LogP contribution in [-0.2, 0) is 10.0 Å². The van der Waals surface area contributed by atoms with Crippen molar-refractivity contribution in [3.8, 4) is 0 Å². The summed E-state index contributed by atoms with van der Waals surface area (Å²) in [5.74, 6) is 0.201. The first-order valence-electron chi connectivity index (χ1n) is 3.20. The zero-order valence-corrected chi connectivity index (χ0v) is 7.08. The Balaban J connectivity index is 2.34. The van der Waals surface area contributed by atoms with Crippen LogP contribution in [0.15, 0.2) is 0 Å². The number of rotatable bonds is 4. The average molecular weight is 184 g/mol. The van der Waals surface area contributed by atoms with Gasteiger partial charge in [0.25, 0.3) is 0 Å². The first-order valence-corrected chi connectivity index (χ1v) is 5.39. The molecule has 0 aromatic rings. The number of hydrogen-bond donors (Lipinski definition) is 1. The number of sulfonamides is 1. The van der Waals surface area contributed by atoms with Gasteiger partial charge in [-0.3, -0.25) is 0 Å². The van der Waals surface area contributed by atoms with Gasteiger partial charge in [-0.1, -0.05) is 0 Å². The monoisotopic (exact) mass is 183 g/mol. The van der Waals surface area contributed by atoms with Crippen molar-refractivity contribution < 1.29 is 8.42 Å². The molecule has 3 nitrogen and oxygen atoms in total. The van der Waals surface area contributed by atoms with Gasteiger partial charge in [-0.2, -0.15) is 0 Å². The van der Waals surface area contributed by atoms with Gasteiger partial charge in [0.05, 0.1) is 5.75 Å². The van der Waals surface area contributed by atoms with E-state index >= 15 is 0 Å². The first kappa shape index (κ1) is 8.30. The lowest BCUT2D eigenvalue weighted by atomic mass is 10.8. The van der Waals surface area contributed by atoms with Gasteiger partial charge in [0.2, 0.25) is 10.0 Å². The Bertz CT molecular complexity index is 198. The quantitative estimate of drug-likeness (QED) is 0.638. The molecule has 1 N–H and O–H groups in total. The zero-order valence-electron chi connectivity index (χ0n) is 5.51. The van der Waals surface area contributed by atoms with E-state index in [0.29, 0.717) is 0 Å². The molecule has 0 spiro atoms. The summed E-state index contributed by atoms with van der Waals surface area (Å²) in [6, 6.07) is 0.202. The summed E-state index contributed by atoms with van der Waals surface area (Å²) in [4.78, 5) is 0. The molecule has 0 amide bonds. The Kier molecular flexibility index (Phi) is 2.55. The second-order valence-electron chi connectivity index (χ2n) is 2.40. The molecule has 0 heterocycles. The standard InChI is InChI=1S/C5H10ClNO2S/c6-3-4-10(8,9)7-5-1-2-5/h5,7H,1-4H2. The second kappa shape index (κ2) is 3.07. The third kappa shape index (κ3) is 2.86. The van der Waals surface area contributed by atoms with Gasteiger partial charge in [0.1, 0.15) is 0 Å². The summed E-state index contributed by atoms with van der Waals surface area (Å²) in [6.07, 6.45) is 1.95. The molecule has 1 aliphatic carbocycles. The topological polar surface area (TPSA) is 46.2 Å². The molecule has 1 rings (SSSR count). The van der Waals surface area contributed by atoms with Crippen molar-refractivity contribution in [2.45, 2.75) is 18.9 Å². The van der Waals surface area contributed by atoms with E-state index in [1.54, 1.807) is 0 Å². The molecule has 5 heteroatoms. The van der Waals surface area contributed by atoms with Crippen molar-refractivity contribution in [1.29, 1.82) is 0 Å². The number of alkyl halides is 1. The van der Waals surface area contributed by atoms with E-state index in [2.05, 4.69) is 4.72 Å². The van der Waals surface area contributed by atoms with Crippen molar-refractivity contribution in [1.82, 2.24) is 4.72 Å². The van der Waals surface area contributed by atoms with Gasteiger partial charge in [0, 0.05) is 11.9 Å². The molecule has 1 saturated carbocycles. The summed E-state index contributed by atoms with van der Waals surface area (Å²) >= 11 is 5.27. The van der Waals surface area contributed by atoms with Gasteiger partial charge < -0.3 is 0 Å². The summed E-state index contributed by atoms with van der Waals surface area (Å²) < 4.78 is 24.3. The summed E-state index contributed by atoms with van der Waals surface area (Å²) in [6.45, 7) is 0. The molecule has 0 atom stereocenters. The maximum Gasteiger partial charge on any atom is 0.213 e. The van der Waals surface area contributed by atoms with Crippen LogP contribution in [0.4, 0.5) is 0 Å². The highest BCUT2D eigenvalue weighted by Gasteiger charge is 2.26. The van der Waals surface area contributed by atoms with E-state index in [1.165, 1.54) is 0 Å². The van der Waals surface area contributed by atoms with Crippen LogP contribution in [0.25, 0.3) is 0 Å². The minimum absolute atomic E-state index is 0.0328. The van der Waals surface area contributed by atoms with Crippen LogP contribution in [0.5, 0.6) is 0 Å². The Morgan fingerprint density at radius 3 is 2.50 bits per heavy atom. The fourth-order valence-corrected chi connectivity index (χ4v) is 2.29. The van der Waals surface area contributed by atoms with E-state index in [0.717, 1.165) is 12.8 Å². The largest absolute Gasteiger partial charge is 0.213 e. The van der Waals surface area contributed by atoms with Crippen LogP contribution < -0.4 is 4.72 Å². The number of hydrogen-bond acceptors (Lipinski definition) is 2. The van der Waals surface area contributed by atoms with Crippen molar-refractivity contribution in [3.63, 3.8) is 0 Å². The molecule has 0 aliphatic heterocycles. The van der Waals surface area contributed by atoms with Crippen LogP contribution in [0.1, 0.15) is 12.8 Å². The smallest absolute Gasteiger partial charge is 0.212 e. The molecule has 0 saturated heterocycles. The molecule has 1 fully saturated rings. The van der Waals surface area contributed by atoms with E-state index in [9.17, 15) is 8.42 Å². The lowest BCUT2D eigenvalue weighted by Crippen LogP contribution is -2.28. The van der Waals surface area contributed by atoms with E-state index in [4.69, 9.17) is 11.6 Å². The van der Waals surface area contributed by atoms with Gasteiger partial charge in [-0.15, -0.1) is 11.6 Å². The molecule has 0 radical (unpaired) electrons. The molecule has 0 bridgehead atoms. The highest BCUT2D eigenvalue weighted by molar-refractivity contribution is 7.89. The SMILES string of the molecule is O=S(=O)(CCCl)NC1CC1. The van der Waals surface area contributed by atoms with Crippen LogP contribution in [0.2, 0.25) is 0 Å². The predicted octanol–water partition coefficient (Wildman–Crippen LogP) is 0.307. The Hall–Kier alpha value is 0.200. The Labute approximate surface area is 65.8 Å². The normalized spacial score (nSPS) is 19.3. The maximum absolute atomic E-state index is 10.9. The number of nitrogens with one attached hydrogen (secondary N) is 1. The molecule has 60 valence electrons. The Morgan fingerprint density at radius 2 is 2.10 bits per heavy atom. The lowest BCUT2D eigenvalue weighted by Gasteiger charge is -2.00. The van der Waals surface area contributed by atoms with Crippen molar-refractivity contribution in [3.05, 3.63) is 0 Å². The van der Waals surface area contributed by atoms with Gasteiger partial charge in [0.15, 0.2) is 0 Å². The minimum Gasteiger partial charge on any atom is -0.212 e. The lowest BCUT2D eigenvalue weighted by molar-refractivity contribution is 0.582. The van der Waals surface area contributed by atoms with E-state index in [1.807, 2.05) is 0 Å². The molecular formula is C5H10ClNO2S. The third-order valence-corrected chi connectivity index (χ3v) is 3.12. The summed E-state index contributed by atoms with van der Waals surface area (Å²) in [7, 11) is -3.05. The van der Waals surface area contributed by atoms with Crippen molar-refractivity contribution in [2.75, 3.05) is 11.6 Å². The van der Waals surface area contributed by atoms with Gasteiger partial charge in [-0.25, -0.2) is 13.1 Å². The molecule has 0 aromatic heterocycles. The second-order valence-corrected chi connectivity index (χ2v) is 4.65. The number of halogens is 1. The van der Waals surface area contributed by atoms with E-state index < -0.39 is 10.0 Å². The van der Waals surface area contributed by atoms with Gasteiger partial charge >= 0.3 is 0 Å². The van der Waals surface area contributed by atoms with Crippen molar-refractivity contribution in [2.24, 2.45) is 0 Å². The molecule has 0 unspecified atom stereocenters. The molecule has 1 aliphatic rings. The highest BCUT2D eigenvalue weighted by Crippen LogP contribution is 2.19. The van der Waals surface area contributed by atoms with Crippen LogP contribution >= 0.6 is 11.6 Å². The fourth-order valence-electron chi connectivity index (χ4n) is 0.616. The third-order valence-electron chi connectivity index (χ3n) is 1.27. The molecule has 0 aromatic carbocycles. The average Bonchev–Trinajstić information content (AvgIpc) is 2.48. The van der Waals surface area contributed by atoms with Gasteiger partial charge in [-0.05, 0) is 12.8 Å². The highest BCUT2D eigenvalue weighted by atomic mass is 35.5. The predicted molar refractivity (Wildman–Crippen MR) is 40.7 cm³/mol. The summed E-state index contributed by atoms with van der Waals surface area (Å²) in [5, 5.41) is 0. The van der Waals surface area contributed by atoms with E-state index in [-0.39, 0.29) is 17.7 Å². The van der Waals surface area contributed by atoms with Crippen LogP contribution in [-0.4, -0.2) is 26.1 Å². The van der Waals surface area contributed by atoms with Crippen molar-refractivity contribution >= 4 is 21.6 Å². The maximum atomic E-state index is 10.9. The summed E-state index contributed by atoms with van der Waals surface area (Å²) in [5.41, 5.74) is 0. The van der Waals surface area contributed by atoms with Crippen LogP contribution in [0, 0.1) is 0 Å². The zero-order chi connectivity index (χ0) is 7.61. The first-order chi connectivity index (χ1) is 4.64. The molecular weight excluding hydrogens is 174 g/mol.